The van der Waals surface area contributed by atoms with Gasteiger partial charge >= 0.3 is 0 Å². The Morgan fingerprint density at radius 2 is 1.78 bits per heavy atom. The van der Waals surface area contributed by atoms with Crippen molar-refractivity contribution in [1.29, 1.82) is 0 Å². The van der Waals surface area contributed by atoms with Gasteiger partial charge in [0.05, 0.1) is 13.2 Å². The van der Waals surface area contributed by atoms with Gasteiger partial charge in [-0.15, -0.1) is 0 Å². The summed E-state index contributed by atoms with van der Waals surface area (Å²) in [6.07, 6.45) is 16.1. The van der Waals surface area contributed by atoms with E-state index in [4.69, 9.17) is 9.47 Å². The molecule has 1 aliphatic heterocycles. The van der Waals surface area contributed by atoms with E-state index in [1.165, 1.54) is 5.57 Å². The van der Waals surface area contributed by atoms with Crippen molar-refractivity contribution >= 4 is 5.91 Å². The van der Waals surface area contributed by atoms with Crippen molar-refractivity contribution in [2.45, 2.75) is 65.9 Å². The number of hydrogen-bond acceptors (Lipinski definition) is 3. The Hall–Kier alpha value is -2.07. The molecule has 174 valence electrons. The van der Waals surface area contributed by atoms with E-state index in [1.807, 2.05) is 0 Å². The monoisotopic (exact) mass is 437 g/mol. The summed E-state index contributed by atoms with van der Waals surface area (Å²) in [6, 6.07) is 0. The molecule has 0 radical (unpaired) electrons. The third kappa shape index (κ3) is 3.61. The van der Waals surface area contributed by atoms with Crippen LogP contribution in [-0.2, 0) is 14.3 Å². The van der Waals surface area contributed by atoms with Crippen LogP contribution in [-0.4, -0.2) is 26.2 Å². The standard InChI is InChI=1S/C28H39NO3/c1-17(2)19-11-13-25(31-5)22(15-19)28(21-9-7-8-10-24(21)29-27(28)30)23-16-20(18(3)4)12-14-26(23)32-6/h9-10,13,15-19,23,26H,7-8,11-12,14H2,1-6H3,(H,29,30). The highest BCUT2D eigenvalue weighted by Gasteiger charge is 2.60. The van der Waals surface area contributed by atoms with Crippen LogP contribution in [0.25, 0.3) is 0 Å². The summed E-state index contributed by atoms with van der Waals surface area (Å²) in [5.41, 5.74) is 3.70. The van der Waals surface area contributed by atoms with E-state index in [-0.39, 0.29) is 17.9 Å². The molecule has 32 heavy (non-hydrogen) atoms. The number of allylic oxidation sites excluding steroid dienone is 7. The van der Waals surface area contributed by atoms with Gasteiger partial charge in [0, 0.05) is 24.3 Å². The third-order valence-electron chi connectivity index (χ3n) is 7.96. The first-order valence-corrected chi connectivity index (χ1v) is 12.3. The number of hydrogen-bond donors (Lipinski definition) is 1. The lowest BCUT2D eigenvalue weighted by Crippen LogP contribution is -2.48. The van der Waals surface area contributed by atoms with E-state index < -0.39 is 5.41 Å². The average molecular weight is 438 g/mol. The molecule has 1 fully saturated rings. The van der Waals surface area contributed by atoms with Crippen LogP contribution in [0.5, 0.6) is 0 Å². The van der Waals surface area contributed by atoms with Crippen LogP contribution in [0.4, 0.5) is 0 Å². The van der Waals surface area contributed by atoms with Crippen LogP contribution in [0.15, 0.2) is 58.6 Å². The predicted octanol–water partition coefficient (Wildman–Crippen LogP) is 5.85. The number of nitrogens with one attached hydrogen (secondary N) is 1. The first-order valence-electron chi connectivity index (χ1n) is 12.3. The van der Waals surface area contributed by atoms with Gasteiger partial charge in [-0.3, -0.25) is 4.79 Å². The van der Waals surface area contributed by atoms with E-state index in [0.717, 1.165) is 54.7 Å². The van der Waals surface area contributed by atoms with E-state index in [2.05, 4.69) is 63.4 Å². The van der Waals surface area contributed by atoms with Crippen molar-refractivity contribution in [2.24, 2.45) is 29.1 Å². The molecule has 4 atom stereocenters. The molecule has 0 aromatic heterocycles. The first kappa shape index (κ1) is 23.1. The van der Waals surface area contributed by atoms with E-state index in [1.54, 1.807) is 14.2 Å². The van der Waals surface area contributed by atoms with Crippen molar-refractivity contribution in [3.05, 3.63) is 58.6 Å². The molecule has 0 saturated carbocycles. The molecule has 0 bridgehead atoms. The Balaban J connectivity index is 2.00. The molecule has 4 nitrogen and oxygen atoms in total. The first-order chi connectivity index (χ1) is 15.3. The summed E-state index contributed by atoms with van der Waals surface area (Å²) in [6.45, 7) is 9.01. The van der Waals surface area contributed by atoms with Gasteiger partial charge in [-0.25, -0.2) is 0 Å². The minimum Gasteiger partial charge on any atom is -0.497 e. The van der Waals surface area contributed by atoms with Gasteiger partial charge in [0.15, 0.2) is 0 Å². The molecule has 4 unspecified atom stereocenters. The van der Waals surface area contributed by atoms with Gasteiger partial charge in [0.25, 0.3) is 0 Å². The number of carbonyl (C=O) groups is 1. The Bertz CT molecular complexity index is 917. The smallest absolute Gasteiger partial charge is 0.240 e. The topological polar surface area (TPSA) is 47.6 Å². The van der Waals surface area contributed by atoms with Crippen molar-refractivity contribution in [3.8, 4) is 0 Å². The maximum atomic E-state index is 14.1. The van der Waals surface area contributed by atoms with Crippen molar-refractivity contribution in [3.63, 3.8) is 0 Å². The number of ether oxygens (including phenoxy) is 2. The van der Waals surface area contributed by atoms with Crippen LogP contribution in [0.2, 0.25) is 0 Å². The molecule has 4 heteroatoms. The van der Waals surface area contributed by atoms with Crippen molar-refractivity contribution < 1.29 is 14.3 Å². The molecule has 1 heterocycles. The van der Waals surface area contributed by atoms with Crippen LogP contribution >= 0.6 is 0 Å². The van der Waals surface area contributed by atoms with Crippen LogP contribution in [0.1, 0.15) is 59.8 Å². The average Bonchev–Trinajstić information content (AvgIpc) is 3.10. The SMILES string of the molecule is COC1=CCC(C(C)C)C=C1C1(C2C=C(C(C)C)CCC2OC)C(=O)NC2=CCCC=C21. The summed E-state index contributed by atoms with van der Waals surface area (Å²) in [5, 5.41) is 3.26. The zero-order valence-electron chi connectivity index (χ0n) is 20.5. The molecule has 3 aliphatic carbocycles. The second-order valence-corrected chi connectivity index (χ2v) is 10.3. The number of fused-ring (bicyclic) bond motifs is 1. The molecule has 1 amide bonds. The van der Waals surface area contributed by atoms with Gasteiger partial charge < -0.3 is 14.8 Å². The summed E-state index contributed by atoms with van der Waals surface area (Å²) >= 11 is 0. The largest absolute Gasteiger partial charge is 0.497 e. The molecule has 0 aromatic carbocycles. The van der Waals surface area contributed by atoms with Crippen LogP contribution < -0.4 is 5.32 Å². The Morgan fingerprint density at radius 3 is 2.44 bits per heavy atom. The quantitative estimate of drug-likeness (QED) is 0.531. The fraction of sp³-hybridized carbons (Fsp3) is 0.607. The molecular formula is C28H39NO3. The van der Waals surface area contributed by atoms with E-state index in [9.17, 15) is 4.79 Å². The van der Waals surface area contributed by atoms with E-state index >= 15 is 0 Å². The number of rotatable bonds is 6. The minimum atomic E-state index is -0.830. The molecule has 1 N–H and O–H groups in total. The Kier molecular flexibility index (Phi) is 6.53. The Morgan fingerprint density at radius 1 is 1.03 bits per heavy atom. The van der Waals surface area contributed by atoms with Crippen molar-refractivity contribution in [2.75, 3.05) is 14.2 Å². The zero-order valence-corrected chi connectivity index (χ0v) is 20.5. The number of methoxy groups -OCH3 is 2. The maximum Gasteiger partial charge on any atom is 0.240 e. The molecular weight excluding hydrogens is 398 g/mol. The lowest BCUT2D eigenvalue weighted by atomic mass is 9.58. The van der Waals surface area contributed by atoms with E-state index in [0.29, 0.717) is 17.8 Å². The predicted molar refractivity (Wildman–Crippen MR) is 129 cm³/mol. The van der Waals surface area contributed by atoms with Gasteiger partial charge in [-0.2, -0.15) is 0 Å². The fourth-order valence-electron chi connectivity index (χ4n) is 6.05. The summed E-state index contributed by atoms with van der Waals surface area (Å²) in [5.74, 6) is 2.14. The molecule has 0 aromatic rings. The molecule has 1 saturated heterocycles. The second-order valence-electron chi connectivity index (χ2n) is 10.3. The highest BCUT2D eigenvalue weighted by Crippen LogP contribution is 2.57. The highest BCUT2D eigenvalue weighted by molar-refractivity contribution is 5.98. The van der Waals surface area contributed by atoms with Gasteiger partial charge in [-0.05, 0) is 61.5 Å². The lowest BCUT2D eigenvalue weighted by Gasteiger charge is -2.45. The maximum absolute atomic E-state index is 14.1. The summed E-state index contributed by atoms with van der Waals surface area (Å²) in [4.78, 5) is 14.1. The van der Waals surface area contributed by atoms with Crippen LogP contribution in [0.3, 0.4) is 0 Å². The number of carbonyl (C=O) groups excluding carboxylic acids is 1. The molecule has 4 aliphatic rings. The fourth-order valence-corrected chi connectivity index (χ4v) is 6.05. The zero-order chi connectivity index (χ0) is 23.0. The van der Waals surface area contributed by atoms with Crippen LogP contribution in [0, 0.1) is 29.1 Å². The van der Waals surface area contributed by atoms with Crippen molar-refractivity contribution in [1.82, 2.24) is 5.32 Å². The molecule has 4 rings (SSSR count). The summed E-state index contributed by atoms with van der Waals surface area (Å²) in [7, 11) is 3.52. The molecule has 0 spiro atoms. The Labute approximate surface area is 193 Å². The summed E-state index contributed by atoms with van der Waals surface area (Å²) < 4.78 is 12.0. The third-order valence-corrected chi connectivity index (χ3v) is 7.96. The van der Waals surface area contributed by atoms with Gasteiger partial charge in [-0.1, -0.05) is 57.6 Å². The normalized spacial score (nSPS) is 32.6. The van der Waals surface area contributed by atoms with Gasteiger partial charge in [0.1, 0.15) is 11.2 Å². The van der Waals surface area contributed by atoms with Gasteiger partial charge in [0.2, 0.25) is 5.91 Å². The number of amides is 1. The lowest BCUT2D eigenvalue weighted by molar-refractivity contribution is -0.128. The minimum absolute atomic E-state index is 0.0242. The highest BCUT2D eigenvalue weighted by atomic mass is 16.5. The second kappa shape index (κ2) is 9.05.